The summed E-state index contributed by atoms with van der Waals surface area (Å²) in [5.41, 5.74) is 1.13. The predicted molar refractivity (Wildman–Crippen MR) is 139 cm³/mol. The van der Waals surface area contributed by atoms with E-state index >= 15 is 0 Å². The third kappa shape index (κ3) is 4.27. The SMILES string of the molecule is COc1ccc(C=c2sc3n(c2=O)C(c2ccccc2[N+](=O)[O-])C2=C(CC(C)(C)CC2=O)N=3)cc1OC. The van der Waals surface area contributed by atoms with Crippen LogP contribution in [-0.2, 0) is 4.79 Å². The van der Waals surface area contributed by atoms with Gasteiger partial charge in [-0.05, 0) is 41.7 Å². The lowest BCUT2D eigenvalue weighted by Gasteiger charge is -2.35. The van der Waals surface area contributed by atoms with E-state index in [2.05, 4.69) is 0 Å². The predicted octanol–water partition coefficient (Wildman–Crippen LogP) is 3.53. The molecule has 3 aromatic rings. The van der Waals surface area contributed by atoms with E-state index in [4.69, 9.17) is 14.5 Å². The fourth-order valence-electron chi connectivity index (χ4n) is 5.02. The van der Waals surface area contributed by atoms with Crippen molar-refractivity contribution in [2.75, 3.05) is 14.2 Å². The lowest BCUT2D eigenvalue weighted by atomic mass is 9.73. The minimum Gasteiger partial charge on any atom is -0.493 e. The largest absolute Gasteiger partial charge is 0.493 e. The number of hydrogen-bond acceptors (Lipinski definition) is 8. The quantitative estimate of drug-likeness (QED) is 0.377. The number of nitro benzene ring substituents is 1. The average molecular weight is 520 g/mol. The number of allylic oxidation sites excluding steroid dienone is 2. The van der Waals surface area contributed by atoms with Crippen molar-refractivity contribution in [3.63, 3.8) is 0 Å². The molecule has 0 radical (unpaired) electrons. The van der Waals surface area contributed by atoms with Crippen molar-refractivity contribution in [1.82, 2.24) is 4.57 Å². The highest BCUT2D eigenvalue weighted by Gasteiger charge is 2.42. The molecule has 9 nitrogen and oxygen atoms in total. The number of para-hydroxylation sites is 1. The first-order chi connectivity index (χ1) is 17.6. The van der Waals surface area contributed by atoms with Crippen LogP contribution in [0, 0.1) is 15.5 Å². The third-order valence-electron chi connectivity index (χ3n) is 6.63. The van der Waals surface area contributed by atoms with Crippen LogP contribution in [0.15, 0.2) is 63.5 Å². The van der Waals surface area contributed by atoms with E-state index in [1.165, 1.54) is 29.1 Å². The molecule has 10 heteroatoms. The van der Waals surface area contributed by atoms with Crippen molar-refractivity contribution in [3.05, 3.63) is 94.7 Å². The van der Waals surface area contributed by atoms with Crippen LogP contribution in [0.5, 0.6) is 11.5 Å². The van der Waals surface area contributed by atoms with E-state index in [9.17, 15) is 19.7 Å². The zero-order valence-corrected chi connectivity index (χ0v) is 21.6. The minimum atomic E-state index is -0.927. The highest BCUT2D eigenvalue weighted by molar-refractivity contribution is 7.07. The molecule has 2 heterocycles. The number of rotatable bonds is 5. The molecule has 1 unspecified atom stereocenters. The second-order valence-electron chi connectivity index (χ2n) is 9.81. The van der Waals surface area contributed by atoms with E-state index in [1.807, 2.05) is 13.8 Å². The van der Waals surface area contributed by atoms with Gasteiger partial charge in [0.25, 0.3) is 11.2 Å². The van der Waals surface area contributed by atoms with E-state index in [1.54, 1.807) is 49.6 Å². The van der Waals surface area contributed by atoms with E-state index < -0.39 is 11.0 Å². The topological polar surface area (TPSA) is 113 Å². The summed E-state index contributed by atoms with van der Waals surface area (Å²) in [6.07, 6.45) is 2.53. The van der Waals surface area contributed by atoms with E-state index in [0.717, 1.165) is 0 Å². The molecule has 0 saturated heterocycles. The molecule has 1 atom stereocenters. The Hall–Kier alpha value is -4.05. The summed E-state index contributed by atoms with van der Waals surface area (Å²) in [4.78, 5) is 43.8. The number of ketones is 1. The fourth-order valence-corrected chi connectivity index (χ4v) is 6.04. The summed E-state index contributed by atoms with van der Waals surface area (Å²) in [6.45, 7) is 3.99. The number of carbonyl (C=O) groups is 1. The molecular formula is C27H25N3O6S. The van der Waals surface area contributed by atoms with Crippen molar-refractivity contribution in [3.8, 4) is 11.5 Å². The lowest BCUT2D eigenvalue weighted by molar-refractivity contribution is -0.385. The van der Waals surface area contributed by atoms with Crippen molar-refractivity contribution in [2.45, 2.75) is 32.7 Å². The van der Waals surface area contributed by atoms with Gasteiger partial charge in [0.15, 0.2) is 22.1 Å². The van der Waals surface area contributed by atoms with Crippen LogP contribution in [0.3, 0.4) is 0 Å². The Morgan fingerprint density at radius 2 is 1.84 bits per heavy atom. The number of nitrogens with zero attached hydrogens (tertiary/aromatic N) is 3. The van der Waals surface area contributed by atoms with Crippen LogP contribution in [0.4, 0.5) is 5.69 Å². The van der Waals surface area contributed by atoms with Crippen LogP contribution in [0.25, 0.3) is 6.08 Å². The molecule has 0 saturated carbocycles. The highest BCUT2D eigenvalue weighted by atomic mass is 32.1. The van der Waals surface area contributed by atoms with Crippen LogP contribution in [0.1, 0.15) is 43.9 Å². The maximum atomic E-state index is 13.8. The van der Waals surface area contributed by atoms with Gasteiger partial charge in [0.1, 0.15) is 6.04 Å². The molecule has 1 aliphatic heterocycles. The smallest absolute Gasteiger partial charge is 0.275 e. The number of Topliss-reactive ketones (excluding diaryl/α,β-unsaturated/α-hetero) is 1. The number of benzene rings is 2. The lowest BCUT2D eigenvalue weighted by Crippen LogP contribution is -2.42. The van der Waals surface area contributed by atoms with Gasteiger partial charge in [-0.2, -0.15) is 0 Å². The number of methoxy groups -OCH3 is 2. The molecule has 5 rings (SSSR count). The number of carbonyl (C=O) groups excluding carboxylic acids is 1. The van der Waals surface area contributed by atoms with Crippen molar-refractivity contribution >= 4 is 28.9 Å². The summed E-state index contributed by atoms with van der Waals surface area (Å²) >= 11 is 1.19. The summed E-state index contributed by atoms with van der Waals surface area (Å²) < 4.78 is 12.5. The Bertz CT molecular complexity index is 1660. The summed E-state index contributed by atoms with van der Waals surface area (Å²) in [7, 11) is 3.08. The molecule has 0 bridgehead atoms. The van der Waals surface area contributed by atoms with Crippen LogP contribution in [-0.4, -0.2) is 29.5 Å². The molecule has 1 aromatic heterocycles. The highest BCUT2D eigenvalue weighted by Crippen LogP contribution is 2.44. The molecule has 0 amide bonds. The van der Waals surface area contributed by atoms with Crippen molar-refractivity contribution < 1.29 is 19.2 Å². The number of hydrogen-bond donors (Lipinski definition) is 0. The number of aromatic nitrogens is 1. The van der Waals surface area contributed by atoms with Crippen LogP contribution in [0.2, 0.25) is 0 Å². The minimum absolute atomic E-state index is 0.145. The molecule has 0 N–H and O–H groups in total. The van der Waals surface area contributed by atoms with Crippen molar-refractivity contribution in [1.29, 1.82) is 0 Å². The Kier molecular flexibility index (Phi) is 6.07. The number of fused-ring (bicyclic) bond motifs is 1. The van der Waals surface area contributed by atoms with Gasteiger partial charge in [0.2, 0.25) is 0 Å². The second-order valence-corrected chi connectivity index (χ2v) is 10.8. The molecule has 2 aliphatic rings. The van der Waals surface area contributed by atoms with Crippen LogP contribution >= 0.6 is 11.3 Å². The first-order valence-electron chi connectivity index (χ1n) is 11.7. The summed E-state index contributed by atoms with van der Waals surface area (Å²) in [5, 5.41) is 11.9. The summed E-state index contributed by atoms with van der Waals surface area (Å²) in [6, 6.07) is 10.6. The second kappa shape index (κ2) is 9.11. The van der Waals surface area contributed by atoms with E-state index in [-0.39, 0.29) is 28.9 Å². The van der Waals surface area contributed by atoms with Gasteiger partial charge in [0, 0.05) is 18.1 Å². The van der Waals surface area contributed by atoms with Crippen LogP contribution < -0.4 is 24.4 Å². The molecule has 0 fully saturated rings. The Labute approximate surface area is 216 Å². The van der Waals surface area contributed by atoms with Gasteiger partial charge < -0.3 is 9.47 Å². The standard InChI is InChI=1S/C27H25N3O6S/c1-27(2)13-17-23(19(31)14-27)24(16-7-5-6-8-18(16)30(33)34)29-25(32)22(37-26(29)28-17)12-15-9-10-20(35-3)21(11-15)36-4/h5-12,24H,13-14H2,1-4H3. The van der Waals surface area contributed by atoms with Gasteiger partial charge in [-0.15, -0.1) is 0 Å². The number of ether oxygens (including phenoxy) is 2. The number of thiazole rings is 1. The van der Waals surface area contributed by atoms with Gasteiger partial charge >= 0.3 is 0 Å². The maximum absolute atomic E-state index is 13.8. The van der Waals surface area contributed by atoms with Crippen molar-refractivity contribution in [2.24, 2.45) is 10.4 Å². The molecule has 2 aromatic carbocycles. The third-order valence-corrected chi connectivity index (χ3v) is 7.61. The number of nitro groups is 1. The first kappa shape index (κ1) is 24.6. The van der Waals surface area contributed by atoms with Gasteiger partial charge in [-0.3, -0.25) is 24.3 Å². The van der Waals surface area contributed by atoms with Gasteiger partial charge in [0.05, 0.1) is 34.9 Å². The summed E-state index contributed by atoms with van der Waals surface area (Å²) in [5.74, 6) is 0.934. The van der Waals surface area contributed by atoms with Gasteiger partial charge in [-0.1, -0.05) is 43.4 Å². The normalized spacial score (nSPS) is 18.6. The zero-order valence-electron chi connectivity index (χ0n) is 20.8. The Morgan fingerprint density at radius 1 is 1.11 bits per heavy atom. The van der Waals surface area contributed by atoms with Gasteiger partial charge in [-0.25, -0.2) is 4.99 Å². The maximum Gasteiger partial charge on any atom is 0.275 e. The monoisotopic (exact) mass is 519 g/mol. The van der Waals surface area contributed by atoms with E-state index in [0.29, 0.717) is 49.7 Å². The Morgan fingerprint density at radius 3 is 2.54 bits per heavy atom. The first-order valence-corrected chi connectivity index (χ1v) is 12.5. The molecule has 0 spiro atoms. The molecule has 190 valence electrons. The molecule has 1 aliphatic carbocycles. The Balaban J connectivity index is 1.78. The molecular weight excluding hydrogens is 494 g/mol. The molecule has 37 heavy (non-hydrogen) atoms. The average Bonchev–Trinajstić information content (AvgIpc) is 3.16. The fraction of sp³-hybridized carbons (Fsp3) is 0.296. The zero-order chi connectivity index (χ0) is 26.5.